The summed E-state index contributed by atoms with van der Waals surface area (Å²) in [6, 6.07) is -0.574. The van der Waals surface area contributed by atoms with Crippen molar-refractivity contribution in [3.63, 3.8) is 0 Å². The first-order valence-corrected chi connectivity index (χ1v) is 9.83. The van der Waals surface area contributed by atoms with Gasteiger partial charge in [-0.1, -0.05) is 46.0 Å². The number of amides is 3. The van der Waals surface area contributed by atoms with Crippen molar-refractivity contribution in [3.8, 4) is 0 Å². The van der Waals surface area contributed by atoms with Crippen molar-refractivity contribution in [2.45, 2.75) is 77.7 Å². The molecule has 1 unspecified atom stereocenters. The van der Waals surface area contributed by atoms with E-state index in [2.05, 4.69) is 5.32 Å². The minimum atomic E-state index is -0.574. The van der Waals surface area contributed by atoms with Gasteiger partial charge in [0.1, 0.15) is 6.04 Å². The van der Waals surface area contributed by atoms with E-state index in [0.29, 0.717) is 19.4 Å². The van der Waals surface area contributed by atoms with Crippen LogP contribution in [0, 0.1) is 11.8 Å². The van der Waals surface area contributed by atoms with Gasteiger partial charge in [0.25, 0.3) is 0 Å². The molecule has 1 saturated heterocycles. The molecule has 0 saturated carbocycles. The predicted octanol–water partition coefficient (Wildman–Crippen LogP) is 2.23. The number of hydroxylamine groups is 1. The number of hydrogen-bond donors (Lipinski definition) is 3. The van der Waals surface area contributed by atoms with Gasteiger partial charge in [0, 0.05) is 25.9 Å². The largest absolute Gasteiger partial charge is 0.344 e. The van der Waals surface area contributed by atoms with Crippen molar-refractivity contribution < 1.29 is 19.6 Å². The molecule has 7 heteroatoms. The second kappa shape index (κ2) is 11.9. The monoisotopic (exact) mass is 369 g/mol. The summed E-state index contributed by atoms with van der Waals surface area (Å²) in [6.45, 7) is 4.72. The Hall–Kier alpha value is -1.63. The molecule has 26 heavy (non-hydrogen) atoms. The third kappa shape index (κ3) is 8.17. The zero-order valence-electron chi connectivity index (χ0n) is 16.4. The van der Waals surface area contributed by atoms with E-state index >= 15 is 0 Å². The van der Waals surface area contributed by atoms with E-state index in [1.807, 2.05) is 13.8 Å². The van der Waals surface area contributed by atoms with Crippen molar-refractivity contribution in [1.29, 1.82) is 0 Å². The highest BCUT2D eigenvalue weighted by Gasteiger charge is 2.29. The highest BCUT2D eigenvalue weighted by molar-refractivity contribution is 5.90. The van der Waals surface area contributed by atoms with Crippen LogP contribution in [0.25, 0.3) is 0 Å². The van der Waals surface area contributed by atoms with E-state index in [9.17, 15) is 14.4 Å². The summed E-state index contributed by atoms with van der Waals surface area (Å²) in [5.41, 5.74) is 1.60. The molecule has 0 bridgehead atoms. The molecule has 1 fully saturated rings. The second-order valence-electron chi connectivity index (χ2n) is 7.80. The Balaban J connectivity index is 2.91. The molecule has 2 atom stereocenters. The van der Waals surface area contributed by atoms with Crippen LogP contribution in [0.1, 0.15) is 71.6 Å². The van der Waals surface area contributed by atoms with Gasteiger partial charge in [-0.2, -0.15) is 0 Å². The lowest BCUT2D eigenvalue weighted by molar-refractivity contribution is -0.138. The summed E-state index contributed by atoms with van der Waals surface area (Å²) >= 11 is 0. The van der Waals surface area contributed by atoms with E-state index < -0.39 is 17.9 Å². The van der Waals surface area contributed by atoms with Crippen LogP contribution in [-0.2, 0) is 14.4 Å². The molecular formula is C19H35N3O4. The Morgan fingerprint density at radius 2 is 1.81 bits per heavy atom. The SMILES string of the molecule is CC(C)C[C@H]1NC(=O)C(CC(=O)NO)CCCCCCCCN(C)C1=O. The highest BCUT2D eigenvalue weighted by atomic mass is 16.5. The molecule has 0 aromatic heterocycles. The third-order valence-corrected chi connectivity index (χ3v) is 4.92. The maximum atomic E-state index is 12.8. The van der Waals surface area contributed by atoms with Crippen LogP contribution >= 0.6 is 0 Å². The Labute approximate surface area is 156 Å². The highest BCUT2D eigenvalue weighted by Crippen LogP contribution is 2.18. The molecule has 0 aromatic carbocycles. The number of likely N-dealkylation sites (N-methyl/N-ethyl adjacent to an activating group) is 1. The van der Waals surface area contributed by atoms with Gasteiger partial charge in [-0.05, 0) is 25.2 Å². The van der Waals surface area contributed by atoms with Gasteiger partial charge < -0.3 is 10.2 Å². The van der Waals surface area contributed by atoms with Gasteiger partial charge >= 0.3 is 0 Å². The Kier molecular flexibility index (Phi) is 10.2. The fourth-order valence-corrected chi connectivity index (χ4v) is 3.40. The fourth-order valence-electron chi connectivity index (χ4n) is 3.40. The van der Waals surface area contributed by atoms with Crippen LogP contribution in [-0.4, -0.2) is 47.5 Å². The first-order chi connectivity index (χ1) is 12.3. The van der Waals surface area contributed by atoms with Gasteiger partial charge in [0.15, 0.2) is 0 Å². The topological polar surface area (TPSA) is 98.7 Å². The van der Waals surface area contributed by atoms with Crippen molar-refractivity contribution in [2.24, 2.45) is 11.8 Å². The quantitative estimate of drug-likeness (QED) is 0.523. The van der Waals surface area contributed by atoms with Gasteiger partial charge in [-0.15, -0.1) is 0 Å². The lowest BCUT2D eigenvalue weighted by Gasteiger charge is -2.27. The van der Waals surface area contributed by atoms with E-state index in [-0.39, 0.29) is 24.2 Å². The fraction of sp³-hybridized carbons (Fsp3) is 0.842. The summed E-state index contributed by atoms with van der Waals surface area (Å²) in [7, 11) is 1.78. The summed E-state index contributed by atoms with van der Waals surface area (Å²) in [6.07, 6.45) is 7.24. The molecule has 1 aliphatic heterocycles. The number of carbonyl (C=O) groups is 3. The smallest absolute Gasteiger partial charge is 0.244 e. The lowest BCUT2D eigenvalue weighted by Crippen LogP contribution is -2.50. The number of nitrogens with one attached hydrogen (secondary N) is 2. The standard InChI is InChI=1S/C19H35N3O4/c1-14(2)12-16-19(25)22(3)11-9-7-5-4-6-8-10-15(18(24)20-16)13-17(23)21-26/h14-16,26H,4-13H2,1-3H3,(H,20,24)(H,21,23)/t15?,16-/m1/s1. The lowest BCUT2D eigenvalue weighted by atomic mass is 9.94. The van der Waals surface area contributed by atoms with Crippen LogP contribution in [0.2, 0.25) is 0 Å². The molecule has 0 aromatic rings. The van der Waals surface area contributed by atoms with E-state index in [1.54, 1.807) is 17.4 Å². The van der Waals surface area contributed by atoms with Crippen molar-refractivity contribution in [1.82, 2.24) is 15.7 Å². The first-order valence-electron chi connectivity index (χ1n) is 9.83. The molecule has 3 N–H and O–H groups in total. The average Bonchev–Trinajstić information content (AvgIpc) is 2.59. The third-order valence-electron chi connectivity index (χ3n) is 4.92. The Morgan fingerprint density at radius 3 is 2.42 bits per heavy atom. The van der Waals surface area contributed by atoms with Crippen LogP contribution in [0.4, 0.5) is 0 Å². The minimum absolute atomic E-state index is 0.0687. The molecule has 7 nitrogen and oxygen atoms in total. The van der Waals surface area contributed by atoms with Crippen molar-refractivity contribution >= 4 is 17.7 Å². The maximum Gasteiger partial charge on any atom is 0.244 e. The van der Waals surface area contributed by atoms with Gasteiger partial charge in [0.2, 0.25) is 17.7 Å². The van der Waals surface area contributed by atoms with E-state index in [0.717, 1.165) is 38.5 Å². The molecule has 1 heterocycles. The normalized spacial score (nSPS) is 24.1. The van der Waals surface area contributed by atoms with Gasteiger partial charge in [0.05, 0.1) is 0 Å². The summed E-state index contributed by atoms with van der Waals surface area (Å²) < 4.78 is 0. The van der Waals surface area contributed by atoms with Crippen LogP contribution in [0.5, 0.6) is 0 Å². The molecule has 1 aliphatic rings. The molecule has 3 amide bonds. The van der Waals surface area contributed by atoms with E-state index in [1.165, 1.54) is 0 Å². The summed E-state index contributed by atoms with van der Waals surface area (Å²) in [5, 5.41) is 11.7. The predicted molar refractivity (Wildman–Crippen MR) is 99.4 cm³/mol. The van der Waals surface area contributed by atoms with E-state index in [4.69, 9.17) is 5.21 Å². The molecule has 0 radical (unpaired) electrons. The molecule has 0 spiro atoms. The zero-order valence-corrected chi connectivity index (χ0v) is 16.4. The van der Waals surface area contributed by atoms with Crippen molar-refractivity contribution in [3.05, 3.63) is 0 Å². The maximum absolute atomic E-state index is 12.8. The van der Waals surface area contributed by atoms with Gasteiger partial charge in [-0.3, -0.25) is 19.6 Å². The number of rotatable bonds is 4. The molecular weight excluding hydrogens is 334 g/mol. The average molecular weight is 370 g/mol. The van der Waals surface area contributed by atoms with Crippen molar-refractivity contribution in [2.75, 3.05) is 13.6 Å². The molecule has 150 valence electrons. The molecule has 1 rings (SSSR count). The Morgan fingerprint density at radius 1 is 1.19 bits per heavy atom. The molecule has 0 aliphatic carbocycles. The summed E-state index contributed by atoms with van der Waals surface area (Å²) in [4.78, 5) is 38.8. The Bertz CT molecular complexity index is 468. The second-order valence-corrected chi connectivity index (χ2v) is 7.80. The first kappa shape index (κ1) is 22.4. The van der Waals surface area contributed by atoms with Crippen LogP contribution in [0.15, 0.2) is 0 Å². The number of hydrogen-bond acceptors (Lipinski definition) is 4. The number of nitrogens with zero attached hydrogens (tertiary/aromatic N) is 1. The van der Waals surface area contributed by atoms with Crippen LogP contribution < -0.4 is 10.8 Å². The summed E-state index contributed by atoms with van der Waals surface area (Å²) in [5.74, 6) is -1.20. The van der Waals surface area contributed by atoms with Gasteiger partial charge in [-0.25, -0.2) is 5.48 Å². The zero-order chi connectivity index (χ0) is 19.5. The van der Waals surface area contributed by atoms with Crippen LogP contribution in [0.3, 0.4) is 0 Å². The minimum Gasteiger partial charge on any atom is -0.344 e. The number of carbonyl (C=O) groups excluding carboxylic acids is 3.